The topological polar surface area (TPSA) is 77.2 Å². The zero-order valence-corrected chi connectivity index (χ0v) is 16.1. The molecule has 9 heteroatoms. The molecule has 0 atom stereocenters. The number of alkyl halides is 3. The van der Waals surface area contributed by atoms with Gasteiger partial charge in [-0.3, -0.25) is 4.79 Å². The molecule has 2 aromatic carbocycles. The molecule has 4 aromatic rings. The van der Waals surface area contributed by atoms with Gasteiger partial charge in [-0.1, -0.05) is 30.3 Å². The van der Waals surface area contributed by atoms with E-state index < -0.39 is 12.3 Å². The first-order chi connectivity index (χ1) is 14.3. The summed E-state index contributed by atoms with van der Waals surface area (Å²) in [6.07, 6.45) is -4.78. The van der Waals surface area contributed by atoms with E-state index in [1.54, 1.807) is 0 Å². The van der Waals surface area contributed by atoms with Crippen LogP contribution < -0.4 is 15.8 Å². The summed E-state index contributed by atoms with van der Waals surface area (Å²) in [6, 6.07) is 18.1. The SMILES string of the molecule is Nc1c(C(=O)Nc2ccc(OC(F)(F)F)cc2)sc2nc(-c3ccccc3)ccc12. The zero-order chi connectivity index (χ0) is 21.3. The lowest BCUT2D eigenvalue weighted by Crippen LogP contribution is -2.17. The minimum absolute atomic E-state index is 0.276. The third-order valence-corrected chi connectivity index (χ3v) is 5.33. The van der Waals surface area contributed by atoms with Crippen molar-refractivity contribution < 1.29 is 22.7 Å². The zero-order valence-electron chi connectivity index (χ0n) is 15.2. The minimum atomic E-state index is -4.78. The van der Waals surface area contributed by atoms with E-state index in [4.69, 9.17) is 5.73 Å². The lowest BCUT2D eigenvalue weighted by atomic mass is 10.1. The molecule has 0 aliphatic carbocycles. The van der Waals surface area contributed by atoms with Crippen LogP contribution in [0.15, 0.2) is 66.7 Å². The van der Waals surface area contributed by atoms with Crippen LogP contribution in [0.2, 0.25) is 0 Å². The van der Waals surface area contributed by atoms with E-state index in [0.29, 0.717) is 21.6 Å². The standard InChI is InChI=1S/C21H14F3N3O2S/c22-21(23,24)29-14-8-6-13(7-9-14)26-19(28)18-17(25)15-10-11-16(27-20(15)30-18)12-4-2-1-3-5-12/h1-11H,25H2,(H,26,28). The van der Waals surface area contributed by atoms with Gasteiger partial charge in [0.15, 0.2) is 0 Å². The number of ether oxygens (including phenoxy) is 1. The van der Waals surface area contributed by atoms with Crippen LogP contribution in [0.25, 0.3) is 21.5 Å². The summed E-state index contributed by atoms with van der Waals surface area (Å²) >= 11 is 1.15. The van der Waals surface area contributed by atoms with Crippen molar-refractivity contribution >= 4 is 38.8 Å². The molecule has 1 amide bonds. The molecule has 2 heterocycles. The number of aromatic nitrogens is 1. The number of pyridine rings is 1. The number of nitrogens with one attached hydrogen (secondary N) is 1. The van der Waals surface area contributed by atoms with Crippen molar-refractivity contribution in [2.45, 2.75) is 6.36 Å². The van der Waals surface area contributed by atoms with Gasteiger partial charge in [-0.2, -0.15) is 0 Å². The summed E-state index contributed by atoms with van der Waals surface area (Å²) in [5, 5.41) is 3.29. The number of benzene rings is 2. The number of nitrogens with two attached hydrogens (primary N) is 1. The van der Waals surface area contributed by atoms with Crippen LogP contribution in [0.4, 0.5) is 24.5 Å². The molecule has 30 heavy (non-hydrogen) atoms. The van der Waals surface area contributed by atoms with Crippen LogP contribution in [0.5, 0.6) is 5.75 Å². The Morgan fingerprint density at radius 1 is 1.00 bits per heavy atom. The third-order valence-electron chi connectivity index (χ3n) is 4.22. The van der Waals surface area contributed by atoms with Gasteiger partial charge in [0, 0.05) is 16.6 Å². The maximum absolute atomic E-state index is 12.7. The molecule has 2 aromatic heterocycles. The van der Waals surface area contributed by atoms with Crippen LogP contribution >= 0.6 is 11.3 Å². The van der Waals surface area contributed by atoms with E-state index in [9.17, 15) is 18.0 Å². The van der Waals surface area contributed by atoms with E-state index in [-0.39, 0.29) is 10.6 Å². The van der Waals surface area contributed by atoms with Gasteiger partial charge in [0.2, 0.25) is 0 Å². The second-order valence-corrected chi connectivity index (χ2v) is 7.29. The number of rotatable bonds is 4. The lowest BCUT2D eigenvalue weighted by molar-refractivity contribution is -0.274. The fourth-order valence-electron chi connectivity index (χ4n) is 2.86. The molecule has 0 radical (unpaired) electrons. The van der Waals surface area contributed by atoms with Gasteiger partial charge in [0.05, 0.1) is 11.4 Å². The Labute approximate surface area is 172 Å². The molecular weight excluding hydrogens is 415 g/mol. The first-order valence-electron chi connectivity index (χ1n) is 8.72. The predicted octanol–water partition coefficient (Wildman–Crippen LogP) is 5.70. The van der Waals surface area contributed by atoms with Crippen molar-refractivity contribution in [1.82, 2.24) is 4.98 Å². The number of nitrogen functional groups attached to an aromatic ring is 1. The number of thiophene rings is 1. The Morgan fingerprint density at radius 3 is 2.37 bits per heavy atom. The summed E-state index contributed by atoms with van der Waals surface area (Å²) in [6.45, 7) is 0. The molecule has 0 unspecified atom stereocenters. The normalized spacial score (nSPS) is 11.4. The Bertz CT molecular complexity index is 1210. The highest BCUT2D eigenvalue weighted by atomic mass is 32.1. The molecule has 0 saturated carbocycles. The molecule has 3 N–H and O–H groups in total. The second kappa shape index (κ2) is 7.68. The number of nitrogens with zero attached hydrogens (tertiary/aromatic N) is 1. The number of carbonyl (C=O) groups excluding carboxylic acids is 1. The molecule has 0 aliphatic heterocycles. The molecule has 152 valence electrons. The molecule has 0 saturated heterocycles. The fraction of sp³-hybridized carbons (Fsp3) is 0.0476. The Kier molecular flexibility index (Phi) is 5.04. The van der Waals surface area contributed by atoms with E-state index in [1.807, 2.05) is 42.5 Å². The number of hydrogen-bond donors (Lipinski definition) is 2. The molecule has 0 spiro atoms. The maximum atomic E-state index is 12.7. The molecule has 0 aliphatic rings. The van der Waals surface area contributed by atoms with E-state index in [2.05, 4.69) is 15.0 Å². The highest BCUT2D eigenvalue weighted by molar-refractivity contribution is 7.21. The number of halogens is 3. The largest absolute Gasteiger partial charge is 0.573 e. The van der Waals surface area contributed by atoms with Crippen molar-refractivity contribution in [3.63, 3.8) is 0 Å². The average molecular weight is 429 g/mol. The maximum Gasteiger partial charge on any atom is 0.573 e. The summed E-state index contributed by atoms with van der Waals surface area (Å²) in [5.41, 5.74) is 8.46. The van der Waals surface area contributed by atoms with E-state index in [1.165, 1.54) is 12.1 Å². The number of carbonyl (C=O) groups is 1. The predicted molar refractivity (Wildman–Crippen MR) is 111 cm³/mol. The number of anilines is 2. The van der Waals surface area contributed by atoms with E-state index >= 15 is 0 Å². The highest BCUT2D eigenvalue weighted by Crippen LogP contribution is 2.34. The Morgan fingerprint density at radius 2 is 1.70 bits per heavy atom. The van der Waals surface area contributed by atoms with Gasteiger partial charge >= 0.3 is 6.36 Å². The Balaban J connectivity index is 1.56. The monoisotopic (exact) mass is 429 g/mol. The van der Waals surface area contributed by atoms with Crippen LogP contribution in [0.3, 0.4) is 0 Å². The van der Waals surface area contributed by atoms with Gasteiger partial charge < -0.3 is 15.8 Å². The van der Waals surface area contributed by atoms with Crippen LogP contribution in [-0.4, -0.2) is 17.3 Å². The van der Waals surface area contributed by atoms with Crippen LogP contribution in [0.1, 0.15) is 9.67 Å². The number of amides is 1. The average Bonchev–Trinajstić information content (AvgIpc) is 3.05. The quantitative estimate of drug-likeness (QED) is 0.437. The molecular formula is C21H14F3N3O2S. The van der Waals surface area contributed by atoms with Gasteiger partial charge in [0.1, 0.15) is 15.5 Å². The summed E-state index contributed by atoms with van der Waals surface area (Å²) in [4.78, 5) is 18.1. The van der Waals surface area contributed by atoms with Gasteiger partial charge in [-0.15, -0.1) is 24.5 Å². The minimum Gasteiger partial charge on any atom is -0.406 e. The van der Waals surface area contributed by atoms with Crippen LogP contribution in [-0.2, 0) is 0 Å². The summed E-state index contributed by atoms with van der Waals surface area (Å²) in [5.74, 6) is -0.847. The van der Waals surface area contributed by atoms with Crippen molar-refractivity contribution in [2.75, 3.05) is 11.1 Å². The van der Waals surface area contributed by atoms with Crippen molar-refractivity contribution in [3.8, 4) is 17.0 Å². The smallest absolute Gasteiger partial charge is 0.406 e. The second-order valence-electron chi connectivity index (χ2n) is 6.29. The third kappa shape index (κ3) is 4.20. The van der Waals surface area contributed by atoms with Crippen molar-refractivity contribution in [1.29, 1.82) is 0 Å². The van der Waals surface area contributed by atoms with Crippen molar-refractivity contribution in [3.05, 3.63) is 71.6 Å². The van der Waals surface area contributed by atoms with E-state index in [0.717, 1.165) is 34.7 Å². The van der Waals surface area contributed by atoms with Crippen LogP contribution in [0, 0.1) is 0 Å². The first-order valence-corrected chi connectivity index (χ1v) is 9.53. The summed E-state index contributed by atoms with van der Waals surface area (Å²) < 4.78 is 40.6. The molecule has 5 nitrogen and oxygen atoms in total. The fourth-order valence-corrected chi connectivity index (χ4v) is 3.85. The van der Waals surface area contributed by atoms with Crippen molar-refractivity contribution in [2.24, 2.45) is 0 Å². The molecule has 4 rings (SSSR count). The molecule has 0 fully saturated rings. The number of hydrogen-bond acceptors (Lipinski definition) is 5. The van der Waals surface area contributed by atoms with Gasteiger partial charge in [0.25, 0.3) is 5.91 Å². The summed E-state index contributed by atoms with van der Waals surface area (Å²) in [7, 11) is 0. The number of fused-ring (bicyclic) bond motifs is 1. The van der Waals surface area contributed by atoms with Gasteiger partial charge in [-0.05, 0) is 36.4 Å². The first kappa shape index (κ1) is 19.7. The molecule has 0 bridgehead atoms. The van der Waals surface area contributed by atoms with Gasteiger partial charge in [-0.25, -0.2) is 4.98 Å². The Hall–Kier alpha value is -3.59. The highest BCUT2D eigenvalue weighted by Gasteiger charge is 2.31. The lowest BCUT2D eigenvalue weighted by Gasteiger charge is -2.09.